The Kier molecular flexibility index (Phi) is 3.24. The summed E-state index contributed by atoms with van der Waals surface area (Å²) in [5, 5.41) is 9.28. The Morgan fingerprint density at radius 1 is 1.36 bits per heavy atom. The molecule has 1 rings (SSSR count). The highest BCUT2D eigenvalue weighted by molar-refractivity contribution is 5.00. The summed E-state index contributed by atoms with van der Waals surface area (Å²) in [5.74, 6) is 0. The van der Waals surface area contributed by atoms with Crippen LogP contribution in [0.2, 0.25) is 0 Å². The van der Waals surface area contributed by atoms with Crippen molar-refractivity contribution in [1.29, 1.82) is 0 Å². The quantitative estimate of drug-likeness (QED) is 0.694. The molecule has 0 saturated heterocycles. The van der Waals surface area contributed by atoms with E-state index in [4.69, 9.17) is 5.73 Å². The van der Waals surface area contributed by atoms with Crippen LogP contribution in [0.15, 0.2) is 0 Å². The maximum atomic E-state index is 9.28. The Hall–Kier alpha value is -0.120. The van der Waals surface area contributed by atoms with Gasteiger partial charge in [-0.3, -0.25) is 0 Å². The molecule has 2 unspecified atom stereocenters. The van der Waals surface area contributed by atoms with E-state index in [1.54, 1.807) is 0 Å². The van der Waals surface area contributed by atoms with Gasteiger partial charge in [-0.05, 0) is 38.8 Å². The van der Waals surface area contributed by atoms with Crippen molar-refractivity contribution in [3.05, 3.63) is 0 Å². The monoisotopic (exact) mass is 200 g/mol. The van der Waals surface area contributed by atoms with Gasteiger partial charge in [-0.1, -0.05) is 13.8 Å². The maximum Gasteiger partial charge on any atom is 0.0611 e. The van der Waals surface area contributed by atoms with Crippen molar-refractivity contribution >= 4 is 0 Å². The van der Waals surface area contributed by atoms with Crippen LogP contribution in [0.1, 0.15) is 33.1 Å². The van der Waals surface area contributed by atoms with Gasteiger partial charge in [0.15, 0.2) is 0 Å². The van der Waals surface area contributed by atoms with E-state index in [0.29, 0.717) is 11.5 Å². The maximum absolute atomic E-state index is 9.28. The molecule has 1 saturated carbocycles. The molecule has 0 aromatic carbocycles. The second-order valence-corrected chi connectivity index (χ2v) is 5.69. The number of nitrogens with two attached hydrogens (primary N) is 1. The molecule has 1 aliphatic carbocycles. The van der Waals surface area contributed by atoms with Crippen LogP contribution in [0.5, 0.6) is 0 Å². The summed E-state index contributed by atoms with van der Waals surface area (Å²) in [6.45, 7) is 4.68. The Balaban J connectivity index is 2.77. The molecule has 0 aliphatic heterocycles. The summed E-state index contributed by atoms with van der Waals surface area (Å²) in [4.78, 5) is 2.23. The second-order valence-electron chi connectivity index (χ2n) is 5.69. The minimum atomic E-state index is -0.357. The molecule has 0 spiro atoms. The van der Waals surface area contributed by atoms with Crippen molar-refractivity contribution in [1.82, 2.24) is 4.90 Å². The van der Waals surface area contributed by atoms with E-state index in [2.05, 4.69) is 32.8 Å². The lowest BCUT2D eigenvalue weighted by molar-refractivity contribution is 0.0234. The van der Waals surface area contributed by atoms with E-state index in [1.807, 2.05) is 0 Å². The van der Waals surface area contributed by atoms with E-state index in [9.17, 15) is 5.11 Å². The molecule has 3 heteroatoms. The van der Waals surface area contributed by atoms with Gasteiger partial charge < -0.3 is 15.7 Å². The molecule has 1 fully saturated rings. The van der Waals surface area contributed by atoms with Crippen molar-refractivity contribution in [2.75, 3.05) is 20.7 Å². The molecule has 3 N–H and O–H groups in total. The Labute approximate surface area is 87.3 Å². The third-order valence-corrected chi connectivity index (χ3v) is 3.71. The van der Waals surface area contributed by atoms with Crippen LogP contribution in [0.4, 0.5) is 0 Å². The predicted molar refractivity (Wildman–Crippen MR) is 59.1 cm³/mol. The predicted octanol–water partition coefficient (Wildman–Crippen LogP) is 0.816. The van der Waals surface area contributed by atoms with Crippen molar-refractivity contribution in [3.63, 3.8) is 0 Å². The molecule has 0 aromatic rings. The topological polar surface area (TPSA) is 49.5 Å². The van der Waals surface area contributed by atoms with Gasteiger partial charge in [0, 0.05) is 11.6 Å². The first-order valence-corrected chi connectivity index (χ1v) is 5.37. The number of rotatable bonds is 2. The average Bonchev–Trinajstić information content (AvgIpc) is 2.09. The van der Waals surface area contributed by atoms with Crippen LogP contribution in [-0.2, 0) is 0 Å². The molecule has 0 amide bonds. The van der Waals surface area contributed by atoms with Crippen molar-refractivity contribution in [2.45, 2.75) is 44.7 Å². The van der Waals surface area contributed by atoms with Crippen LogP contribution in [-0.4, -0.2) is 42.3 Å². The summed E-state index contributed by atoms with van der Waals surface area (Å²) >= 11 is 0. The normalized spacial score (nSPS) is 37.5. The Morgan fingerprint density at radius 2 is 1.93 bits per heavy atom. The molecule has 2 atom stereocenters. The fourth-order valence-corrected chi connectivity index (χ4v) is 2.53. The number of aliphatic hydroxyl groups is 1. The molecule has 84 valence electrons. The zero-order chi connectivity index (χ0) is 11.0. The highest BCUT2D eigenvalue weighted by Crippen LogP contribution is 2.41. The highest BCUT2D eigenvalue weighted by Gasteiger charge is 2.43. The van der Waals surface area contributed by atoms with Crippen molar-refractivity contribution < 1.29 is 5.11 Å². The minimum Gasteiger partial charge on any atom is -0.394 e. The van der Waals surface area contributed by atoms with E-state index in [1.165, 1.54) is 0 Å². The third-order valence-electron chi connectivity index (χ3n) is 3.71. The molecule has 14 heavy (non-hydrogen) atoms. The highest BCUT2D eigenvalue weighted by atomic mass is 16.3. The summed E-state index contributed by atoms with van der Waals surface area (Å²) < 4.78 is 0. The minimum absolute atomic E-state index is 0.105. The lowest BCUT2D eigenvalue weighted by Gasteiger charge is -2.49. The second kappa shape index (κ2) is 3.80. The van der Waals surface area contributed by atoms with Crippen molar-refractivity contribution in [3.8, 4) is 0 Å². The zero-order valence-electron chi connectivity index (χ0n) is 9.88. The van der Waals surface area contributed by atoms with E-state index in [0.717, 1.165) is 19.3 Å². The lowest BCUT2D eigenvalue weighted by atomic mass is 9.66. The van der Waals surface area contributed by atoms with Crippen LogP contribution >= 0.6 is 0 Å². The first kappa shape index (κ1) is 12.0. The Bertz CT molecular complexity index is 203. The summed E-state index contributed by atoms with van der Waals surface area (Å²) in [7, 11) is 4.19. The molecule has 0 radical (unpaired) electrons. The third kappa shape index (κ3) is 2.27. The fourth-order valence-electron chi connectivity index (χ4n) is 2.53. The van der Waals surface area contributed by atoms with Gasteiger partial charge in [0.05, 0.1) is 6.61 Å². The average molecular weight is 200 g/mol. The molecular weight excluding hydrogens is 176 g/mol. The summed E-state index contributed by atoms with van der Waals surface area (Å²) in [6, 6.07) is 0.466. The first-order chi connectivity index (χ1) is 6.31. The van der Waals surface area contributed by atoms with Crippen molar-refractivity contribution in [2.24, 2.45) is 11.1 Å². The summed E-state index contributed by atoms with van der Waals surface area (Å²) in [6.07, 6.45) is 2.91. The molecule has 1 aliphatic rings. The van der Waals surface area contributed by atoms with E-state index in [-0.39, 0.29) is 12.1 Å². The smallest absolute Gasteiger partial charge is 0.0611 e. The fraction of sp³-hybridized carbons (Fsp3) is 1.00. The lowest BCUT2D eigenvalue weighted by Crippen LogP contribution is -2.57. The first-order valence-electron chi connectivity index (χ1n) is 5.37. The van der Waals surface area contributed by atoms with E-state index >= 15 is 0 Å². The molecule has 3 nitrogen and oxygen atoms in total. The Morgan fingerprint density at radius 3 is 2.36 bits per heavy atom. The van der Waals surface area contributed by atoms with Gasteiger partial charge in [-0.25, -0.2) is 0 Å². The van der Waals surface area contributed by atoms with Gasteiger partial charge in [-0.2, -0.15) is 0 Å². The largest absolute Gasteiger partial charge is 0.394 e. The van der Waals surface area contributed by atoms with E-state index < -0.39 is 0 Å². The van der Waals surface area contributed by atoms with Crippen LogP contribution in [0, 0.1) is 5.41 Å². The molecule has 0 heterocycles. The van der Waals surface area contributed by atoms with Gasteiger partial charge >= 0.3 is 0 Å². The van der Waals surface area contributed by atoms with Crippen LogP contribution in [0.3, 0.4) is 0 Å². The zero-order valence-corrected chi connectivity index (χ0v) is 9.88. The molecular formula is C11H24N2O. The summed E-state index contributed by atoms with van der Waals surface area (Å²) in [5.41, 5.74) is 6.08. The van der Waals surface area contributed by atoms with Crippen LogP contribution in [0.25, 0.3) is 0 Å². The molecule has 0 aromatic heterocycles. The van der Waals surface area contributed by atoms with Crippen LogP contribution < -0.4 is 5.73 Å². The number of aliphatic hydroxyl groups excluding tert-OH is 1. The number of hydrogen-bond acceptors (Lipinski definition) is 3. The number of hydrogen-bond donors (Lipinski definition) is 2. The van der Waals surface area contributed by atoms with Gasteiger partial charge in [0.2, 0.25) is 0 Å². The number of nitrogens with zero attached hydrogens (tertiary/aromatic N) is 1. The van der Waals surface area contributed by atoms with Gasteiger partial charge in [-0.15, -0.1) is 0 Å². The van der Waals surface area contributed by atoms with Gasteiger partial charge in [0.1, 0.15) is 0 Å². The molecule has 0 bridgehead atoms. The standard InChI is InChI=1S/C11H24N2O/c1-10(2)5-6-11(12,8-14)7-9(10)13(3)4/h9,14H,5-8,12H2,1-4H3. The van der Waals surface area contributed by atoms with Gasteiger partial charge in [0.25, 0.3) is 0 Å². The SMILES string of the molecule is CN(C)C1CC(N)(CO)CCC1(C)C.